The molecule has 2 aromatic rings. The molecule has 1 unspecified atom stereocenters. The summed E-state index contributed by atoms with van der Waals surface area (Å²) < 4.78 is 2.68. The summed E-state index contributed by atoms with van der Waals surface area (Å²) in [6.45, 7) is 0. The number of carboxylic acid groups (broad SMARTS) is 1. The number of nitro groups is 1. The molecule has 0 aliphatic heterocycles. The van der Waals surface area contributed by atoms with E-state index in [9.17, 15) is 24.8 Å². The first-order chi connectivity index (χ1) is 18.4. The first-order valence-corrected chi connectivity index (χ1v) is 15.1. The minimum Gasteiger partial charge on any atom is -0.480 e. The third kappa shape index (κ3) is 10.4. The van der Waals surface area contributed by atoms with Crippen LogP contribution in [0.4, 0.5) is 5.69 Å². The van der Waals surface area contributed by atoms with Gasteiger partial charge in [0.15, 0.2) is 0 Å². The second-order valence-electron chi connectivity index (χ2n) is 9.64. The number of rotatable bonds is 10. The van der Waals surface area contributed by atoms with Crippen LogP contribution in [0, 0.1) is 10.1 Å². The zero-order chi connectivity index (χ0) is 27.2. The van der Waals surface area contributed by atoms with Gasteiger partial charge in [-0.15, -0.1) is 0 Å². The number of para-hydroxylation sites is 1. The maximum atomic E-state index is 12.0. The Kier molecular flexibility index (Phi) is 13.1. The minimum atomic E-state index is -1.14. The van der Waals surface area contributed by atoms with Gasteiger partial charge in [0.25, 0.3) is 5.69 Å². The molecule has 2 aromatic carbocycles. The highest BCUT2D eigenvalue weighted by molar-refractivity contribution is 8.14. The number of hydrogen-bond donors (Lipinski definition) is 3. The van der Waals surface area contributed by atoms with Crippen molar-refractivity contribution in [2.75, 3.05) is 5.75 Å². The highest BCUT2D eigenvalue weighted by Gasteiger charge is 2.22. The molecule has 206 valence electrons. The van der Waals surface area contributed by atoms with E-state index >= 15 is 0 Å². The molecular formula is C28H37N3O5S2. The van der Waals surface area contributed by atoms with Gasteiger partial charge >= 0.3 is 5.97 Å². The quantitative estimate of drug-likeness (QED) is 0.171. The third-order valence-electron chi connectivity index (χ3n) is 6.74. The number of nitrogens with zero attached hydrogens (tertiary/aromatic N) is 1. The van der Waals surface area contributed by atoms with Crippen molar-refractivity contribution in [1.29, 1.82) is 0 Å². The van der Waals surface area contributed by atoms with Crippen LogP contribution in [0.15, 0.2) is 59.5 Å². The van der Waals surface area contributed by atoms with Crippen molar-refractivity contribution >= 4 is 40.5 Å². The average molecular weight is 560 g/mol. The number of hydrogen-bond acceptors (Lipinski definition) is 8. The summed E-state index contributed by atoms with van der Waals surface area (Å²) in [6, 6.07) is 15.3. The number of carbonyl (C=O) groups is 2. The lowest BCUT2D eigenvalue weighted by Crippen LogP contribution is -2.40. The number of benzene rings is 2. The molecule has 1 atom stereocenters. The maximum absolute atomic E-state index is 12.0. The van der Waals surface area contributed by atoms with E-state index < -0.39 is 16.9 Å². The van der Waals surface area contributed by atoms with Crippen LogP contribution in [0.1, 0.15) is 74.6 Å². The highest BCUT2D eigenvalue weighted by Crippen LogP contribution is 2.27. The van der Waals surface area contributed by atoms with Crippen molar-refractivity contribution in [2.24, 2.45) is 0 Å². The van der Waals surface area contributed by atoms with Gasteiger partial charge in [-0.3, -0.25) is 19.7 Å². The summed E-state index contributed by atoms with van der Waals surface area (Å²) in [7, 11) is 0. The van der Waals surface area contributed by atoms with Crippen molar-refractivity contribution in [2.45, 2.75) is 87.2 Å². The van der Waals surface area contributed by atoms with Crippen LogP contribution >= 0.6 is 23.7 Å². The van der Waals surface area contributed by atoms with E-state index in [1.54, 1.807) is 36.4 Å². The van der Waals surface area contributed by atoms with Crippen molar-refractivity contribution in [1.82, 2.24) is 10.0 Å². The molecule has 38 heavy (non-hydrogen) atoms. The molecule has 0 aromatic heterocycles. The zero-order valence-electron chi connectivity index (χ0n) is 21.6. The average Bonchev–Trinajstić information content (AvgIpc) is 2.95. The molecule has 10 heteroatoms. The van der Waals surface area contributed by atoms with E-state index in [0.29, 0.717) is 10.5 Å². The lowest BCUT2D eigenvalue weighted by atomic mass is 9.91. The molecule has 0 saturated heterocycles. The molecule has 2 saturated carbocycles. The van der Waals surface area contributed by atoms with Gasteiger partial charge in [-0.05, 0) is 43.7 Å². The van der Waals surface area contributed by atoms with Crippen molar-refractivity contribution in [3.8, 4) is 0 Å². The van der Waals surface area contributed by atoms with Crippen molar-refractivity contribution in [3.05, 3.63) is 70.3 Å². The van der Waals surface area contributed by atoms with Gasteiger partial charge in [0.1, 0.15) is 10.9 Å². The van der Waals surface area contributed by atoms with Crippen molar-refractivity contribution in [3.63, 3.8) is 0 Å². The molecule has 0 amide bonds. The van der Waals surface area contributed by atoms with Gasteiger partial charge in [-0.2, -0.15) is 0 Å². The van der Waals surface area contributed by atoms with Gasteiger partial charge in [0, 0.05) is 29.5 Å². The predicted octanol–water partition coefficient (Wildman–Crippen LogP) is 6.46. The van der Waals surface area contributed by atoms with E-state index in [1.165, 1.54) is 82.4 Å². The van der Waals surface area contributed by atoms with E-state index in [0.717, 1.165) is 35.8 Å². The Morgan fingerprint density at radius 3 is 2.00 bits per heavy atom. The van der Waals surface area contributed by atoms with Crippen LogP contribution in [0.3, 0.4) is 0 Å². The Hall–Kier alpha value is -2.40. The van der Waals surface area contributed by atoms with Crippen molar-refractivity contribution < 1.29 is 19.6 Å². The summed E-state index contributed by atoms with van der Waals surface area (Å²) in [6.07, 6.45) is 14.6. The van der Waals surface area contributed by atoms with Gasteiger partial charge < -0.3 is 10.4 Å². The molecule has 0 bridgehead atoms. The smallest absolute Gasteiger partial charge is 0.322 e. The number of nitro benzene ring substituents is 1. The summed E-state index contributed by atoms with van der Waals surface area (Å²) in [5.41, 5.74) is 0.375. The largest absolute Gasteiger partial charge is 0.480 e. The topological polar surface area (TPSA) is 122 Å². The fourth-order valence-electron chi connectivity index (χ4n) is 4.67. The molecule has 8 nitrogen and oxygen atoms in total. The van der Waals surface area contributed by atoms with Crippen LogP contribution in [-0.2, 0) is 4.79 Å². The summed E-state index contributed by atoms with van der Waals surface area (Å²) in [5.74, 6) is -1.14. The Morgan fingerprint density at radius 2 is 1.45 bits per heavy atom. The Labute approximate surface area is 233 Å². The SMILES string of the molecule is C1CCC(NC2CCCCC2)CC1.O=C(SCC(NSc1ccccc1[N+](=O)[O-])C(=O)O)c1ccccc1. The van der Waals surface area contributed by atoms with E-state index in [4.69, 9.17) is 0 Å². The van der Waals surface area contributed by atoms with Crippen LogP contribution in [0.5, 0.6) is 0 Å². The molecule has 3 N–H and O–H groups in total. The van der Waals surface area contributed by atoms with E-state index in [-0.39, 0.29) is 16.6 Å². The molecule has 2 fully saturated rings. The van der Waals surface area contributed by atoms with Gasteiger partial charge in [0.2, 0.25) is 5.12 Å². The second kappa shape index (κ2) is 16.5. The van der Waals surface area contributed by atoms with Gasteiger partial charge in [-0.25, -0.2) is 4.72 Å². The number of aliphatic carboxylic acids is 1. The molecule has 0 spiro atoms. The molecule has 4 rings (SSSR count). The lowest BCUT2D eigenvalue weighted by molar-refractivity contribution is -0.387. The summed E-state index contributed by atoms with van der Waals surface area (Å²) in [4.78, 5) is 34.1. The Balaban J connectivity index is 0.000000256. The van der Waals surface area contributed by atoms with Gasteiger partial charge in [-0.1, -0.05) is 92.8 Å². The van der Waals surface area contributed by atoms with Crippen LogP contribution < -0.4 is 10.0 Å². The Bertz CT molecular complexity index is 1010. The summed E-state index contributed by atoms with van der Waals surface area (Å²) >= 11 is 1.74. The number of thioether (sulfide) groups is 1. The molecule has 2 aliphatic rings. The minimum absolute atomic E-state index is 0.00328. The predicted molar refractivity (Wildman–Crippen MR) is 154 cm³/mol. The van der Waals surface area contributed by atoms with Crippen LogP contribution in [0.25, 0.3) is 0 Å². The van der Waals surface area contributed by atoms with E-state index in [2.05, 4.69) is 10.0 Å². The first-order valence-electron chi connectivity index (χ1n) is 13.3. The highest BCUT2D eigenvalue weighted by atomic mass is 32.2. The molecule has 0 radical (unpaired) electrons. The number of carbonyl (C=O) groups excluding carboxylic acids is 1. The maximum Gasteiger partial charge on any atom is 0.322 e. The Morgan fingerprint density at radius 1 is 0.895 bits per heavy atom. The lowest BCUT2D eigenvalue weighted by Gasteiger charge is -2.30. The molecule has 0 heterocycles. The van der Waals surface area contributed by atoms with Gasteiger partial charge in [0.05, 0.1) is 4.92 Å². The third-order valence-corrected chi connectivity index (χ3v) is 8.71. The summed E-state index contributed by atoms with van der Waals surface area (Å²) in [5, 5.41) is 23.9. The van der Waals surface area contributed by atoms with Crippen LogP contribution in [0.2, 0.25) is 0 Å². The normalized spacial score (nSPS) is 17.2. The number of carboxylic acids is 1. The molecular weight excluding hydrogens is 522 g/mol. The first kappa shape index (κ1) is 30.1. The van der Waals surface area contributed by atoms with E-state index in [1.807, 2.05) is 0 Å². The second-order valence-corrected chi connectivity index (χ2v) is 11.5. The molecule has 2 aliphatic carbocycles. The standard InChI is InChI=1S/C16H14N2O5S2.C12H23N/c19-15(20)12(10-24-16(21)11-6-2-1-3-7-11)17-25-14-9-5-4-8-13(14)18(22)23;1-3-7-11(8-4-1)13-12-9-5-2-6-10-12/h1-9,12,17H,10H2,(H,19,20);11-13H,1-10H2. The fourth-order valence-corrected chi connectivity index (χ4v) is 6.47. The van der Waals surface area contributed by atoms with Crippen LogP contribution in [-0.4, -0.2) is 45.0 Å². The fraction of sp³-hybridized carbons (Fsp3) is 0.500. The number of nitrogens with one attached hydrogen (secondary N) is 2. The zero-order valence-corrected chi connectivity index (χ0v) is 23.2. The monoisotopic (exact) mass is 559 g/mol.